The molecule has 4 saturated carbocycles. The van der Waals surface area contributed by atoms with Gasteiger partial charge in [-0.3, -0.25) is 14.4 Å². The van der Waals surface area contributed by atoms with Gasteiger partial charge in [-0.2, -0.15) is 0 Å². The SMILES string of the molecule is CC(C)[C@H](NC(=O)CC[C@@H](C)[C@H]1CCC2[C@@H]3CC[C@@H]4C[C@H](O)CC[C@]4(C)C3CC[C@@]21C)C(=O)N[C@@H](C)C(=O)O. The number of carbonyl (C=O) groups excluding carboxylic acids is 2. The fraction of sp³-hybridized carbons (Fsp3) is 0.906. The van der Waals surface area contributed by atoms with Gasteiger partial charge in [-0.15, -0.1) is 0 Å². The Kier molecular flexibility index (Phi) is 9.10. The van der Waals surface area contributed by atoms with Gasteiger partial charge in [-0.05, 0) is 123 Å². The fourth-order valence-electron chi connectivity index (χ4n) is 9.92. The molecule has 2 amide bonds. The average molecular weight is 547 g/mol. The maximum Gasteiger partial charge on any atom is 0.325 e. The molecule has 0 aromatic carbocycles. The van der Waals surface area contributed by atoms with Gasteiger partial charge in [0.25, 0.3) is 0 Å². The summed E-state index contributed by atoms with van der Waals surface area (Å²) < 4.78 is 0. The maximum absolute atomic E-state index is 12.9. The first-order chi connectivity index (χ1) is 18.3. The van der Waals surface area contributed by atoms with Crippen molar-refractivity contribution >= 4 is 17.8 Å². The zero-order chi connectivity index (χ0) is 28.7. The lowest BCUT2D eigenvalue weighted by Gasteiger charge is -2.61. The van der Waals surface area contributed by atoms with Crippen LogP contribution in [0.1, 0.15) is 112 Å². The molecule has 0 saturated heterocycles. The van der Waals surface area contributed by atoms with Crippen molar-refractivity contribution in [2.24, 2.45) is 52.3 Å². The van der Waals surface area contributed by atoms with Gasteiger partial charge < -0.3 is 20.8 Å². The molecule has 0 aromatic rings. The lowest BCUT2D eigenvalue weighted by atomic mass is 9.44. The molecule has 4 N–H and O–H groups in total. The highest BCUT2D eigenvalue weighted by molar-refractivity contribution is 5.90. The van der Waals surface area contributed by atoms with Gasteiger partial charge >= 0.3 is 5.97 Å². The summed E-state index contributed by atoms with van der Waals surface area (Å²) in [7, 11) is 0. The minimum atomic E-state index is -1.09. The van der Waals surface area contributed by atoms with Crippen LogP contribution in [0.15, 0.2) is 0 Å². The number of amides is 2. The average Bonchev–Trinajstić information content (AvgIpc) is 3.23. The van der Waals surface area contributed by atoms with Gasteiger partial charge in [0, 0.05) is 6.42 Å². The number of hydrogen-bond donors (Lipinski definition) is 4. The summed E-state index contributed by atoms with van der Waals surface area (Å²) in [4.78, 5) is 36.7. The second-order valence-electron chi connectivity index (χ2n) is 14.7. The number of rotatable bonds is 9. The van der Waals surface area contributed by atoms with Crippen molar-refractivity contribution in [1.82, 2.24) is 10.6 Å². The number of carbonyl (C=O) groups is 3. The number of fused-ring (bicyclic) bond motifs is 5. The number of carboxylic acids is 1. The van der Waals surface area contributed by atoms with Crippen LogP contribution in [0, 0.1) is 52.3 Å². The smallest absolute Gasteiger partial charge is 0.325 e. The van der Waals surface area contributed by atoms with Gasteiger partial charge in [0.2, 0.25) is 11.8 Å². The summed E-state index contributed by atoms with van der Waals surface area (Å²) >= 11 is 0. The third-order valence-corrected chi connectivity index (χ3v) is 12.2. The van der Waals surface area contributed by atoms with Gasteiger partial charge in [-0.1, -0.05) is 34.6 Å². The zero-order valence-corrected chi connectivity index (χ0v) is 25.2. The van der Waals surface area contributed by atoms with E-state index in [-0.39, 0.29) is 17.9 Å². The van der Waals surface area contributed by atoms with E-state index < -0.39 is 24.0 Å². The van der Waals surface area contributed by atoms with Crippen LogP contribution in [0.5, 0.6) is 0 Å². The summed E-state index contributed by atoms with van der Waals surface area (Å²) in [6.07, 6.45) is 12.0. The number of aliphatic carboxylic acids is 1. The normalized spacial score (nSPS) is 40.0. The third-order valence-electron chi connectivity index (χ3n) is 12.2. The first-order valence-corrected chi connectivity index (χ1v) is 15.8. The van der Waals surface area contributed by atoms with Crippen molar-refractivity contribution in [1.29, 1.82) is 0 Å². The third kappa shape index (κ3) is 5.90. The largest absolute Gasteiger partial charge is 0.480 e. The standard InChI is InChI=1S/C32H54N2O5/c1-18(2)28(29(37)33-20(4)30(38)39)34-27(36)12-7-19(3)24-10-11-25-23-9-8-21-17-22(35)13-15-31(21,5)26(23)14-16-32(24,25)6/h18-26,28,35H,7-17H2,1-6H3,(H,33,37)(H,34,36)(H,38,39)/t19-,20+,21-,22-,23+,24-,25?,26?,28+,31+,32-/m1/s1. The quantitative estimate of drug-likeness (QED) is 0.319. The number of hydrogen-bond acceptors (Lipinski definition) is 4. The lowest BCUT2D eigenvalue weighted by Crippen LogP contribution is -2.54. The number of aliphatic hydroxyl groups excluding tert-OH is 1. The van der Waals surface area contributed by atoms with Gasteiger partial charge in [0.1, 0.15) is 12.1 Å². The van der Waals surface area contributed by atoms with Crippen LogP contribution >= 0.6 is 0 Å². The maximum atomic E-state index is 12.9. The predicted octanol–water partition coefficient (Wildman–Crippen LogP) is 5.15. The summed E-state index contributed by atoms with van der Waals surface area (Å²) in [5.74, 6) is 2.31. The van der Waals surface area contributed by atoms with E-state index in [1.807, 2.05) is 13.8 Å². The van der Waals surface area contributed by atoms with E-state index in [0.29, 0.717) is 35.0 Å². The molecule has 0 radical (unpaired) electrons. The van der Waals surface area contributed by atoms with Crippen LogP contribution in [-0.2, 0) is 14.4 Å². The Balaban J connectivity index is 1.34. The highest BCUT2D eigenvalue weighted by Crippen LogP contribution is 2.68. The van der Waals surface area contributed by atoms with Crippen LogP contribution < -0.4 is 10.6 Å². The summed E-state index contributed by atoms with van der Waals surface area (Å²) in [6.45, 7) is 12.6. The van der Waals surface area contributed by atoms with Crippen LogP contribution in [0.25, 0.3) is 0 Å². The van der Waals surface area contributed by atoms with E-state index in [9.17, 15) is 19.5 Å². The second-order valence-corrected chi connectivity index (χ2v) is 14.7. The first kappa shape index (κ1) is 30.3. The molecular formula is C32H54N2O5. The van der Waals surface area contributed by atoms with Crippen LogP contribution in [0.4, 0.5) is 0 Å². The lowest BCUT2D eigenvalue weighted by molar-refractivity contribution is -0.142. The summed E-state index contributed by atoms with van der Waals surface area (Å²) in [6, 6.07) is -1.74. The molecule has 0 spiro atoms. The highest BCUT2D eigenvalue weighted by Gasteiger charge is 2.60. The Labute approximate surface area is 235 Å². The first-order valence-electron chi connectivity index (χ1n) is 15.8. The van der Waals surface area contributed by atoms with Crippen molar-refractivity contribution in [2.75, 3.05) is 0 Å². The molecule has 4 fully saturated rings. The van der Waals surface area contributed by atoms with Crippen molar-refractivity contribution in [2.45, 2.75) is 130 Å². The van der Waals surface area contributed by atoms with Gasteiger partial charge in [0.15, 0.2) is 0 Å². The minimum Gasteiger partial charge on any atom is -0.480 e. The molecule has 39 heavy (non-hydrogen) atoms. The number of carboxylic acid groups (broad SMARTS) is 1. The summed E-state index contributed by atoms with van der Waals surface area (Å²) in [5.41, 5.74) is 0.731. The molecule has 0 bridgehead atoms. The Bertz CT molecular complexity index is 922. The van der Waals surface area contributed by atoms with Crippen molar-refractivity contribution < 1.29 is 24.6 Å². The van der Waals surface area contributed by atoms with E-state index in [1.54, 1.807) is 0 Å². The van der Waals surface area contributed by atoms with E-state index in [1.165, 1.54) is 51.9 Å². The molecule has 11 atom stereocenters. The Morgan fingerprint density at radius 3 is 2.21 bits per heavy atom. The van der Waals surface area contributed by atoms with Crippen LogP contribution in [-0.4, -0.2) is 46.2 Å². The number of aliphatic hydroxyl groups is 1. The van der Waals surface area contributed by atoms with Gasteiger partial charge in [-0.25, -0.2) is 0 Å². The van der Waals surface area contributed by atoms with Crippen molar-refractivity contribution in [3.8, 4) is 0 Å². The Hall–Kier alpha value is -1.63. The van der Waals surface area contributed by atoms with E-state index >= 15 is 0 Å². The van der Waals surface area contributed by atoms with E-state index in [2.05, 4.69) is 31.4 Å². The van der Waals surface area contributed by atoms with Crippen molar-refractivity contribution in [3.63, 3.8) is 0 Å². The van der Waals surface area contributed by atoms with E-state index in [0.717, 1.165) is 37.0 Å². The molecule has 4 aliphatic rings. The zero-order valence-electron chi connectivity index (χ0n) is 25.2. The molecule has 0 aromatic heterocycles. The van der Waals surface area contributed by atoms with Crippen LogP contribution in [0.3, 0.4) is 0 Å². The molecule has 4 aliphatic carbocycles. The topological polar surface area (TPSA) is 116 Å². The predicted molar refractivity (Wildman–Crippen MR) is 152 cm³/mol. The molecule has 0 heterocycles. The van der Waals surface area contributed by atoms with Crippen molar-refractivity contribution in [3.05, 3.63) is 0 Å². The molecule has 7 nitrogen and oxygen atoms in total. The number of nitrogens with one attached hydrogen (secondary N) is 2. The minimum absolute atomic E-state index is 0.0964. The Morgan fingerprint density at radius 2 is 1.54 bits per heavy atom. The molecular weight excluding hydrogens is 492 g/mol. The second kappa shape index (κ2) is 11.7. The Morgan fingerprint density at radius 1 is 0.872 bits per heavy atom. The molecule has 2 unspecified atom stereocenters. The molecule has 0 aliphatic heterocycles. The van der Waals surface area contributed by atoms with Crippen LogP contribution in [0.2, 0.25) is 0 Å². The molecule has 222 valence electrons. The molecule has 4 rings (SSSR count). The van der Waals surface area contributed by atoms with E-state index in [4.69, 9.17) is 5.11 Å². The molecule has 7 heteroatoms. The summed E-state index contributed by atoms with van der Waals surface area (Å²) in [5, 5.41) is 24.8. The fourth-order valence-corrected chi connectivity index (χ4v) is 9.92. The highest BCUT2D eigenvalue weighted by atomic mass is 16.4. The monoisotopic (exact) mass is 546 g/mol. The van der Waals surface area contributed by atoms with Gasteiger partial charge in [0.05, 0.1) is 6.10 Å².